The molecule has 0 saturated heterocycles. The van der Waals surface area contributed by atoms with E-state index in [-0.39, 0.29) is 5.71 Å². The van der Waals surface area contributed by atoms with Crippen molar-refractivity contribution in [3.05, 3.63) is 99.6 Å². The first kappa shape index (κ1) is 25.3. The predicted octanol–water partition coefficient (Wildman–Crippen LogP) is 7.73. The smallest absolute Gasteiger partial charge is 0.196 e. The molecule has 0 aliphatic carbocycles. The van der Waals surface area contributed by atoms with Crippen LogP contribution in [0.25, 0.3) is 5.69 Å². The van der Waals surface area contributed by atoms with E-state index in [1.54, 1.807) is 28.8 Å². The summed E-state index contributed by atoms with van der Waals surface area (Å²) in [5.41, 5.74) is -0.339. The van der Waals surface area contributed by atoms with Gasteiger partial charge in [0.15, 0.2) is 4.80 Å². The lowest BCUT2D eigenvalue weighted by Gasteiger charge is -2.26. The summed E-state index contributed by atoms with van der Waals surface area (Å²) in [5, 5.41) is 0.832. The molecule has 9 heteroatoms. The molecule has 180 valence electrons. The van der Waals surface area contributed by atoms with Gasteiger partial charge in [-0.15, -0.1) is 12.6 Å². The summed E-state index contributed by atoms with van der Waals surface area (Å²) in [5.74, 6) is 0. The minimum Gasteiger partial charge on any atom is -0.279 e. The highest BCUT2D eigenvalue weighted by Crippen LogP contribution is 2.34. The van der Waals surface area contributed by atoms with Crippen LogP contribution in [0.2, 0.25) is 5.02 Å². The molecule has 0 amide bonds. The lowest BCUT2D eigenvalue weighted by atomic mass is 9.86. The molecule has 0 atom stereocenters. The summed E-state index contributed by atoms with van der Waals surface area (Å²) in [6, 6.07) is 25.0. The molecule has 3 aromatic carbocycles. The second kappa shape index (κ2) is 11.3. The number of aromatic nitrogens is 1. The van der Waals surface area contributed by atoms with Crippen LogP contribution < -0.4 is 4.80 Å². The van der Waals surface area contributed by atoms with Gasteiger partial charge in [-0.2, -0.15) is 0 Å². The van der Waals surface area contributed by atoms with Gasteiger partial charge in [0.05, 0.1) is 32.4 Å². The van der Waals surface area contributed by atoms with E-state index in [0.717, 1.165) is 17.0 Å². The van der Waals surface area contributed by atoms with E-state index in [1.807, 2.05) is 60.7 Å². The maximum atomic E-state index is 14.3. The zero-order valence-corrected chi connectivity index (χ0v) is 20.9. The third kappa shape index (κ3) is 5.39. The van der Waals surface area contributed by atoms with Gasteiger partial charge in [-0.1, -0.05) is 59.3 Å². The first-order valence-electron chi connectivity index (χ1n) is 10.6. The summed E-state index contributed by atoms with van der Waals surface area (Å²) in [6.07, 6.45) is 0. The average molecular weight is 532 g/mol. The second-order valence-electron chi connectivity index (χ2n) is 7.77. The standard InChI is InChI=1S/C26H21ClF3N3S2/c27-18-11-13-20(14-12-18)31-23(26(15-28,16-29)17-30)22-24(34)33(21-9-5-2-6-10-21)25(35-22)32-19-7-3-1-4-8-19/h1-14,34H,15-17H2. The molecular formula is C26H21ClF3N3S2. The fourth-order valence-corrected chi connectivity index (χ4v) is 5.19. The highest BCUT2D eigenvalue weighted by atomic mass is 35.5. The van der Waals surface area contributed by atoms with E-state index in [2.05, 4.69) is 4.99 Å². The van der Waals surface area contributed by atoms with Gasteiger partial charge in [-0.3, -0.25) is 9.56 Å². The molecule has 1 heterocycles. The number of hydrogen-bond donors (Lipinski definition) is 1. The van der Waals surface area contributed by atoms with Crippen LogP contribution in [0, 0.1) is 5.41 Å². The fraction of sp³-hybridized carbons (Fsp3) is 0.154. The Morgan fingerprint density at radius 1 is 0.829 bits per heavy atom. The van der Waals surface area contributed by atoms with Crippen molar-refractivity contribution in [2.45, 2.75) is 5.03 Å². The summed E-state index contributed by atoms with van der Waals surface area (Å²) >= 11 is 11.8. The van der Waals surface area contributed by atoms with Crippen LogP contribution in [0.4, 0.5) is 24.5 Å². The number of benzene rings is 3. The average Bonchev–Trinajstić information content (AvgIpc) is 3.22. The molecule has 0 unspecified atom stereocenters. The Morgan fingerprint density at radius 2 is 1.40 bits per heavy atom. The minimum atomic E-state index is -2.08. The Bertz CT molecular complexity index is 1360. The van der Waals surface area contributed by atoms with Gasteiger partial charge in [0, 0.05) is 10.7 Å². The van der Waals surface area contributed by atoms with Crippen LogP contribution >= 0.6 is 35.6 Å². The zero-order valence-electron chi connectivity index (χ0n) is 18.4. The maximum Gasteiger partial charge on any atom is 0.196 e. The normalized spacial score (nSPS) is 12.8. The van der Waals surface area contributed by atoms with E-state index >= 15 is 0 Å². The minimum absolute atomic E-state index is 0.0680. The van der Waals surface area contributed by atoms with Gasteiger partial charge in [-0.25, -0.2) is 18.2 Å². The molecule has 0 saturated carbocycles. The molecule has 0 N–H and O–H groups in total. The zero-order chi connectivity index (χ0) is 24.8. The third-order valence-corrected chi connectivity index (χ3v) is 7.22. The molecule has 0 fully saturated rings. The third-order valence-electron chi connectivity index (χ3n) is 5.35. The lowest BCUT2D eigenvalue weighted by molar-refractivity contribution is 0.184. The van der Waals surface area contributed by atoms with Crippen LogP contribution in [-0.4, -0.2) is 30.3 Å². The maximum absolute atomic E-state index is 14.3. The molecule has 0 radical (unpaired) electrons. The summed E-state index contributed by atoms with van der Waals surface area (Å²) in [6.45, 7) is -3.81. The Hall–Kier alpha value is -2.81. The molecule has 0 bridgehead atoms. The Labute approximate surface area is 215 Å². The van der Waals surface area contributed by atoms with Gasteiger partial charge in [0.1, 0.15) is 20.0 Å². The van der Waals surface area contributed by atoms with Crippen molar-refractivity contribution in [2.24, 2.45) is 15.4 Å². The number of hydrogen-bond acceptors (Lipinski definition) is 4. The molecule has 4 rings (SSSR count). The van der Waals surface area contributed by atoms with E-state index in [0.29, 0.717) is 31.1 Å². The van der Waals surface area contributed by atoms with Crippen LogP contribution in [0.5, 0.6) is 0 Å². The summed E-state index contributed by atoms with van der Waals surface area (Å²) in [4.78, 5) is 10.1. The van der Waals surface area contributed by atoms with Gasteiger partial charge in [-0.05, 0) is 48.5 Å². The molecule has 0 spiro atoms. The molecular weight excluding hydrogens is 511 g/mol. The van der Waals surface area contributed by atoms with Crippen molar-refractivity contribution in [2.75, 3.05) is 20.0 Å². The van der Waals surface area contributed by atoms with Crippen molar-refractivity contribution in [1.82, 2.24) is 4.57 Å². The predicted molar refractivity (Wildman–Crippen MR) is 141 cm³/mol. The first-order chi connectivity index (χ1) is 17.0. The molecule has 0 aliphatic rings. The van der Waals surface area contributed by atoms with Crippen molar-refractivity contribution in [3.8, 4) is 5.69 Å². The van der Waals surface area contributed by atoms with Crippen molar-refractivity contribution >= 4 is 52.7 Å². The van der Waals surface area contributed by atoms with Crippen molar-refractivity contribution < 1.29 is 13.2 Å². The van der Waals surface area contributed by atoms with Gasteiger partial charge in [0.25, 0.3) is 0 Å². The quantitative estimate of drug-likeness (QED) is 0.178. The first-order valence-corrected chi connectivity index (χ1v) is 12.3. The second-order valence-corrected chi connectivity index (χ2v) is 9.61. The number of rotatable bonds is 8. The van der Waals surface area contributed by atoms with Gasteiger partial charge < -0.3 is 0 Å². The number of thiol groups is 1. The molecule has 0 aliphatic heterocycles. The summed E-state index contributed by atoms with van der Waals surface area (Å²) < 4.78 is 44.6. The van der Waals surface area contributed by atoms with Crippen LogP contribution in [0.1, 0.15) is 4.88 Å². The lowest BCUT2D eigenvalue weighted by Crippen LogP contribution is -2.38. The van der Waals surface area contributed by atoms with E-state index in [9.17, 15) is 13.2 Å². The number of alkyl halides is 3. The van der Waals surface area contributed by atoms with E-state index < -0.39 is 25.4 Å². The number of para-hydroxylation sites is 2. The number of nitrogens with zero attached hydrogens (tertiary/aromatic N) is 3. The van der Waals surface area contributed by atoms with Crippen LogP contribution in [0.15, 0.2) is 99.9 Å². The van der Waals surface area contributed by atoms with E-state index in [1.165, 1.54) is 0 Å². The number of aliphatic imine (C=N–C) groups is 1. The molecule has 3 nitrogen and oxygen atoms in total. The number of halogens is 4. The molecule has 1 aromatic heterocycles. The topological polar surface area (TPSA) is 29.6 Å². The van der Waals surface area contributed by atoms with Gasteiger partial charge in [0.2, 0.25) is 0 Å². The fourth-order valence-electron chi connectivity index (χ4n) is 3.38. The van der Waals surface area contributed by atoms with Gasteiger partial charge >= 0.3 is 0 Å². The molecule has 35 heavy (non-hydrogen) atoms. The SMILES string of the molecule is FCC(CF)(CF)C(=Nc1ccc(Cl)cc1)c1sc(=Nc2ccccc2)n(-c2ccccc2)c1S. The highest BCUT2D eigenvalue weighted by molar-refractivity contribution is 7.80. The Balaban J connectivity index is 2.03. The monoisotopic (exact) mass is 531 g/mol. The van der Waals surface area contributed by atoms with Crippen molar-refractivity contribution in [1.29, 1.82) is 0 Å². The summed E-state index contributed by atoms with van der Waals surface area (Å²) in [7, 11) is 0. The Morgan fingerprint density at radius 3 is 1.97 bits per heavy atom. The van der Waals surface area contributed by atoms with E-state index in [4.69, 9.17) is 29.2 Å². The largest absolute Gasteiger partial charge is 0.279 e. The highest BCUT2D eigenvalue weighted by Gasteiger charge is 2.40. The van der Waals surface area contributed by atoms with Crippen molar-refractivity contribution in [3.63, 3.8) is 0 Å². The number of thiazole rings is 1. The Kier molecular flexibility index (Phi) is 8.15. The van der Waals surface area contributed by atoms with Crippen LogP contribution in [-0.2, 0) is 0 Å². The van der Waals surface area contributed by atoms with Crippen LogP contribution in [0.3, 0.4) is 0 Å². The molecule has 4 aromatic rings.